The summed E-state index contributed by atoms with van der Waals surface area (Å²) < 4.78 is 14.7. The number of primary amides is 1. The molecule has 0 aliphatic rings. The van der Waals surface area contributed by atoms with Gasteiger partial charge in [0.25, 0.3) is 0 Å². The lowest BCUT2D eigenvalue weighted by molar-refractivity contribution is -0.939. The van der Waals surface area contributed by atoms with Crippen molar-refractivity contribution in [3.63, 3.8) is 0 Å². The summed E-state index contributed by atoms with van der Waals surface area (Å²) >= 11 is 6.04. The lowest BCUT2D eigenvalue weighted by Gasteiger charge is -2.39. The normalized spacial score (nSPS) is 12.8. The maximum Gasteiger partial charge on any atom is 0.319 e. The van der Waals surface area contributed by atoms with Crippen molar-refractivity contribution in [2.75, 3.05) is 31.1 Å². The van der Waals surface area contributed by atoms with Gasteiger partial charge in [-0.05, 0) is 48.9 Å². The zero-order valence-corrected chi connectivity index (χ0v) is 19.8. The average Bonchev–Trinajstić information content (AvgIpc) is 2.81. The Balaban J connectivity index is 1.75. The van der Waals surface area contributed by atoms with Crippen LogP contribution in [0.1, 0.15) is 24.5 Å². The van der Waals surface area contributed by atoms with Crippen molar-refractivity contribution in [1.29, 1.82) is 0 Å². The molecule has 3 aromatic rings. The molecule has 33 heavy (non-hydrogen) atoms. The second-order valence-corrected chi connectivity index (χ2v) is 8.88. The molecule has 3 aromatic carbocycles. The molecule has 0 spiro atoms. The number of amides is 2. The highest BCUT2D eigenvalue weighted by molar-refractivity contribution is 6.30. The number of nitrogens with zero attached hydrogens (tertiary/aromatic N) is 2. The summed E-state index contributed by atoms with van der Waals surface area (Å²) in [4.78, 5) is 13.7. The van der Waals surface area contributed by atoms with E-state index in [1.54, 1.807) is 17.0 Å². The van der Waals surface area contributed by atoms with Gasteiger partial charge in [-0.2, -0.15) is 0 Å². The molecular weight excluding hydrogens is 437 g/mol. The minimum atomic E-state index is -0.456. The van der Waals surface area contributed by atoms with Crippen LogP contribution in [0.4, 0.5) is 14.9 Å². The fourth-order valence-corrected chi connectivity index (χ4v) is 4.40. The largest absolute Gasteiger partial charge is 0.351 e. The van der Waals surface area contributed by atoms with Crippen molar-refractivity contribution >= 4 is 23.3 Å². The van der Waals surface area contributed by atoms with Crippen molar-refractivity contribution < 1.29 is 13.7 Å². The monoisotopic (exact) mass is 468 g/mol. The summed E-state index contributed by atoms with van der Waals surface area (Å²) in [6.45, 7) is 6.07. The summed E-state index contributed by atoms with van der Waals surface area (Å²) in [5.41, 5.74) is 8.66. The lowest BCUT2D eigenvalue weighted by atomic mass is 10.1. The number of hydrogen-bond donors (Lipinski definition) is 1. The summed E-state index contributed by atoms with van der Waals surface area (Å²) in [5.74, 6) is -0.219. The van der Waals surface area contributed by atoms with E-state index in [2.05, 4.69) is 19.1 Å². The molecule has 1 unspecified atom stereocenters. The molecule has 0 aliphatic heterocycles. The Bertz CT molecular complexity index is 1030. The van der Waals surface area contributed by atoms with Crippen molar-refractivity contribution in [3.05, 3.63) is 101 Å². The van der Waals surface area contributed by atoms with Gasteiger partial charge in [0.2, 0.25) is 0 Å². The Morgan fingerprint density at radius 1 is 0.970 bits per heavy atom. The van der Waals surface area contributed by atoms with Gasteiger partial charge in [0.1, 0.15) is 12.4 Å². The van der Waals surface area contributed by atoms with Crippen LogP contribution in [0.25, 0.3) is 0 Å². The number of carbonyl (C=O) groups excluding carboxylic acids is 1. The van der Waals surface area contributed by atoms with E-state index in [1.165, 1.54) is 11.6 Å². The molecular formula is C27H32ClFN3O+. The highest BCUT2D eigenvalue weighted by atomic mass is 35.5. The molecule has 1 atom stereocenters. The fraction of sp³-hybridized carbons (Fsp3) is 0.296. The van der Waals surface area contributed by atoms with E-state index in [9.17, 15) is 9.18 Å². The molecule has 0 saturated carbocycles. The van der Waals surface area contributed by atoms with Crippen LogP contribution >= 0.6 is 11.6 Å². The van der Waals surface area contributed by atoms with Crippen molar-refractivity contribution in [2.24, 2.45) is 5.73 Å². The van der Waals surface area contributed by atoms with E-state index < -0.39 is 6.03 Å². The molecule has 0 aliphatic carbocycles. The fourth-order valence-electron chi connectivity index (χ4n) is 4.28. The molecule has 2 amide bonds. The number of anilines is 1. The third-order valence-electron chi connectivity index (χ3n) is 6.21. The van der Waals surface area contributed by atoms with Crippen LogP contribution in [0.2, 0.25) is 5.02 Å². The molecule has 0 saturated heterocycles. The van der Waals surface area contributed by atoms with Gasteiger partial charge < -0.3 is 10.2 Å². The summed E-state index contributed by atoms with van der Waals surface area (Å²) in [6.07, 6.45) is 1.67. The van der Waals surface area contributed by atoms with Gasteiger partial charge in [0, 0.05) is 35.7 Å². The zero-order valence-electron chi connectivity index (χ0n) is 19.1. The van der Waals surface area contributed by atoms with Crippen molar-refractivity contribution in [3.8, 4) is 0 Å². The summed E-state index contributed by atoms with van der Waals surface area (Å²) in [5, 5.41) is 0.724. The minimum absolute atomic E-state index is 0.219. The van der Waals surface area contributed by atoms with Crippen molar-refractivity contribution in [2.45, 2.75) is 26.3 Å². The molecule has 6 heteroatoms. The predicted octanol–water partition coefficient (Wildman–Crippen LogP) is 6.03. The van der Waals surface area contributed by atoms with E-state index in [-0.39, 0.29) is 5.82 Å². The number of nitrogens with two attached hydrogens (primary N) is 1. The first-order valence-corrected chi connectivity index (χ1v) is 11.7. The quantitative estimate of drug-likeness (QED) is 0.343. The molecule has 4 nitrogen and oxygen atoms in total. The minimum Gasteiger partial charge on any atom is -0.351 e. The number of carbonyl (C=O) groups is 1. The van der Waals surface area contributed by atoms with Crippen LogP contribution in [-0.2, 0) is 13.0 Å². The number of benzene rings is 3. The highest BCUT2D eigenvalue weighted by Crippen LogP contribution is 2.20. The first-order valence-electron chi connectivity index (χ1n) is 11.4. The Hall–Kier alpha value is -2.89. The molecule has 0 aromatic heterocycles. The predicted molar refractivity (Wildman–Crippen MR) is 134 cm³/mol. The second kappa shape index (κ2) is 11.8. The number of rotatable bonds is 11. The Morgan fingerprint density at radius 3 is 2.33 bits per heavy atom. The van der Waals surface area contributed by atoms with Gasteiger partial charge in [-0.25, -0.2) is 9.18 Å². The first-order chi connectivity index (χ1) is 15.9. The summed E-state index contributed by atoms with van der Waals surface area (Å²) in [7, 11) is 0. The van der Waals surface area contributed by atoms with Crippen LogP contribution in [0.5, 0.6) is 0 Å². The SMILES string of the molecule is CC[N+](CCCN(C(N)=O)c1ccccc1)(CCc1ccc(Cl)cc1)Cc1cccc(F)c1. The molecule has 0 fully saturated rings. The first kappa shape index (κ1) is 24.7. The number of hydrogen-bond acceptors (Lipinski definition) is 1. The third kappa shape index (κ3) is 7.31. The van der Waals surface area contributed by atoms with Gasteiger partial charge in [-0.15, -0.1) is 0 Å². The molecule has 2 N–H and O–H groups in total. The molecule has 174 valence electrons. The second-order valence-electron chi connectivity index (χ2n) is 8.45. The maximum atomic E-state index is 13.9. The molecule has 0 radical (unpaired) electrons. The van der Waals surface area contributed by atoms with Crippen molar-refractivity contribution in [1.82, 2.24) is 0 Å². The topological polar surface area (TPSA) is 46.3 Å². The molecule has 0 bridgehead atoms. The maximum absolute atomic E-state index is 13.9. The van der Waals surface area contributed by atoms with Crippen LogP contribution in [0.3, 0.4) is 0 Å². The van der Waals surface area contributed by atoms with Crippen LogP contribution in [0, 0.1) is 5.82 Å². The lowest BCUT2D eigenvalue weighted by Crippen LogP contribution is -2.50. The van der Waals surface area contributed by atoms with E-state index in [0.717, 1.165) is 59.8 Å². The van der Waals surface area contributed by atoms with Crippen LogP contribution in [0.15, 0.2) is 78.9 Å². The number of urea groups is 1. The van der Waals surface area contributed by atoms with Gasteiger partial charge in [-0.1, -0.05) is 54.1 Å². The zero-order chi connectivity index (χ0) is 23.7. The van der Waals surface area contributed by atoms with Gasteiger partial charge in [0.15, 0.2) is 0 Å². The summed E-state index contributed by atoms with van der Waals surface area (Å²) in [6, 6.07) is 23.8. The van der Waals surface area contributed by atoms with Gasteiger partial charge >= 0.3 is 6.03 Å². The smallest absolute Gasteiger partial charge is 0.319 e. The Morgan fingerprint density at radius 2 is 1.70 bits per heavy atom. The molecule has 3 rings (SSSR count). The molecule has 0 heterocycles. The Kier molecular flexibility index (Phi) is 8.87. The van der Waals surface area contributed by atoms with E-state index in [1.807, 2.05) is 48.5 Å². The van der Waals surface area contributed by atoms with E-state index in [0.29, 0.717) is 6.54 Å². The van der Waals surface area contributed by atoms with Gasteiger partial charge in [-0.3, -0.25) is 4.90 Å². The highest BCUT2D eigenvalue weighted by Gasteiger charge is 2.26. The number of quaternary nitrogens is 1. The average molecular weight is 469 g/mol. The number of likely N-dealkylation sites (N-methyl/N-ethyl adjacent to an activating group) is 1. The van der Waals surface area contributed by atoms with Crippen LogP contribution in [-0.4, -0.2) is 36.7 Å². The van der Waals surface area contributed by atoms with Gasteiger partial charge in [0.05, 0.1) is 19.6 Å². The third-order valence-corrected chi connectivity index (χ3v) is 6.47. The van der Waals surface area contributed by atoms with E-state index >= 15 is 0 Å². The number of para-hydroxylation sites is 1. The van der Waals surface area contributed by atoms with Crippen LogP contribution < -0.4 is 10.6 Å². The number of halogens is 2. The van der Waals surface area contributed by atoms with E-state index in [4.69, 9.17) is 17.3 Å². The Labute approximate surface area is 201 Å². The standard InChI is InChI=1S/C27H31ClFN3O/c1-2-32(21-23-8-6-9-25(29)20-23,19-16-22-12-14-24(28)15-13-22)18-7-17-31(27(30)33)26-10-4-3-5-11-26/h3-6,8-15,20H,2,7,16-19,21H2,1H3,(H-,30,33)/p+1.